The molecule has 4 heteroatoms. The van der Waals surface area contributed by atoms with Crippen LogP contribution in [0.3, 0.4) is 0 Å². The monoisotopic (exact) mass is 300 g/mol. The van der Waals surface area contributed by atoms with Gasteiger partial charge in [-0.15, -0.1) is 0 Å². The fraction of sp³-hybridized carbons (Fsp3) is 0.235. The molecule has 0 saturated carbocycles. The van der Waals surface area contributed by atoms with E-state index in [1.807, 2.05) is 43.4 Å². The molecule has 0 aromatic heterocycles. The molecule has 0 amide bonds. The summed E-state index contributed by atoms with van der Waals surface area (Å²) in [7, 11) is 3.65. The Bertz CT molecular complexity index is 664. The van der Waals surface area contributed by atoms with Crippen molar-refractivity contribution in [3.05, 3.63) is 64.2 Å². The van der Waals surface area contributed by atoms with E-state index in [0.717, 1.165) is 28.4 Å². The van der Waals surface area contributed by atoms with E-state index in [1.54, 1.807) is 13.2 Å². The van der Waals surface area contributed by atoms with Crippen molar-refractivity contribution in [1.82, 2.24) is 4.90 Å². The Hall–Kier alpha value is -2.02. The molecule has 2 rings (SSSR count). The van der Waals surface area contributed by atoms with Gasteiger partial charge in [0.05, 0.1) is 18.7 Å². The first-order valence-corrected chi connectivity index (χ1v) is 7.01. The van der Waals surface area contributed by atoms with Gasteiger partial charge < -0.3 is 4.74 Å². The minimum atomic E-state index is 0.636. The Morgan fingerprint density at radius 1 is 1.14 bits per heavy atom. The largest absolute Gasteiger partial charge is 0.496 e. The zero-order valence-electron chi connectivity index (χ0n) is 12.1. The first-order chi connectivity index (χ1) is 10.1. The number of hydrogen-bond donors (Lipinski definition) is 0. The standard InChI is InChI=1S/C17H17ClN2O/c1-20(11-14-5-3-4-6-16(14)18)12-15-9-13(10-19)7-8-17(15)21-2/h3-9H,11-12H2,1-2H3. The van der Waals surface area contributed by atoms with Crippen LogP contribution in [0.1, 0.15) is 16.7 Å². The molecule has 2 aromatic carbocycles. The lowest BCUT2D eigenvalue weighted by Crippen LogP contribution is -2.18. The average molecular weight is 301 g/mol. The van der Waals surface area contributed by atoms with Crippen molar-refractivity contribution in [3.63, 3.8) is 0 Å². The smallest absolute Gasteiger partial charge is 0.123 e. The average Bonchev–Trinajstić information content (AvgIpc) is 2.49. The zero-order valence-corrected chi connectivity index (χ0v) is 12.9. The van der Waals surface area contributed by atoms with E-state index in [0.29, 0.717) is 12.1 Å². The maximum atomic E-state index is 9.01. The molecule has 0 heterocycles. The van der Waals surface area contributed by atoms with Crippen LogP contribution in [-0.4, -0.2) is 19.1 Å². The minimum absolute atomic E-state index is 0.636. The van der Waals surface area contributed by atoms with E-state index < -0.39 is 0 Å². The zero-order chi connectivity index (χ0) is 15.2. The highest BCUT2D eigenvalue weighted by Gasteiger charge is 2.09. The fourth-order valence-corrected chi connectivity index (χ4v) is 2.43. The molecule has 21 heavy (non-hydrogen) atoms. The highest BCUT2D eigenvalue weighted by atomic mass is 35.5. The molecule has 2 aromatic rings. The molecule has 0 atom stereocenters. The number of methoxy groups -OCH3 is 1. The van der Waals surface area contributed by atoms with Gasteiger partial charge in [0.1, 0.15) is 5.75 Å². The van der Waals surface area contributed by atoms with E-state index in [4.69, 9.17) is 21.6 Å². The van der Waals surface area contributed by atoms with Gasteiger partial charge in [0.2, 0.25) is 0 Å². The second kappa shape index (κ2) is 7.12. The van der Waals surface area contributed by atoms with E-state index in [2.05, 4.69) is 11.0 Å². The first-order valence-electron chi connectivity index (χ1n) is 6.63. The van der Waals surface area contributed by atoms with Crippen LogP contribution in [0.2, 0.25) is 5.02 Å². The summed E-state index contributed by atoms with van der Waals surface area (Å²) in [6.45, 7) is 1.42. The summed E-state index contributed by atoms with van der Waals surface area (Å²) in [5, 5.41) is 9.78. The summed E-state index contributed by atoms with van der Waals surface area (Å²) >= 11 is 6.18. The molecule has 0 unspecified atom stereocenters. The molecule has 3 nitrogen and oxygen atoms in total. The molecular weight excluding hydrogens is 284 g/mol. The summed E-state index contributed by atoms with van der Waals surface area (Å²) in [5.41, 5.74) is 2.71. The number of ether oxygens (including phenoxy) is 1. The van der Waals surface area contributed by atoms with Crippen molar-refractivity contribution < 1.29 is 4.74 Å². The van der Waals surface area contributed by atoms with Crippen LogP contribution in [0.4, 0.5) is 0 Å². The Labute approximate surface area is 130 Å². The van der Waals surface area contributed by atoms with Gasteiger partial charge in [-0.3, -0.25) is 4.90 Å². The first kappa shape index (κ1) is 15.4. The molecule has 0 aliphatic heterocycles. The molecule has 0 bridgehead atoms. The number of halogens is 1. The van der Waals surface area contributed by atoms with Gasteiger partial charge in [-0.2, -0.15) is 5.26 Å². The van der Waals surface area contributed by atoms with Crippen LogP contribution < -0.4 is 4.74 Å². The summed E-state index contributed by atoms with van der Waals surface area (Å²) in [5.74, 6) is 0.792. The maximum Gasteiger partial charge on any atom is 0.123 e. The van der Waals surface area contributed by atoms with Crippen LogP contribution in [0.5, 0.6) is 5.75 Å². The molecule has 0 radical (unpaired) electrons. The number of nitriles is 1. The fourth-order valence-electron chi connectivity index (χ4n) is 2.24. The van der Waals surface area contributed by atoms with Crippen molar-refractivity contribution in [2.24, 2.45) is 0 Å². The van der Waals surface area contributed by atoms with Crippen LogP contribution in [0.15, 0.2) is 42.5 Å². The van der Waals surface area contributed by atoms with Crippen molar-refractivity contribution in [2.75, 3.05) is 14.2 Å². The van der Waals surface area contributed by atoms with E-state index >= 15 is 0 Å². The predicted molar refractivity (Wildman–Crippen MR) is 84.3 cm³/mol. The van der Waals surface area contributed by atoms with Crippen LogP contribution in [0.25, 0.3) is 0 Å². The number of hydrogen-bond acceptors (Lipinski definition) is 3. The highest BCUT2D eigenvalue weighted by molar-refractivity contribution is 6.31. The lowest BCUT2D eigenvalue weighted by molar-refractivity contribution is 0.310. The van der Waals surface area contributed by atoms with E-state index in [1.165, 1.54) is 0 Å². The molecule has 0 saturated heterocycles. The van der Waals surface area contributed by atoms with Gasteiger partial charge in [-0.05, 0) is 36.9 Å². The third-order valence-electron chi connectivity index (χ3n) is 3.25. The number of benzene rings is 2. The molecule has 0 N–H and O–H groups in total. The van der Waals surface area contributed by atoms with E-state index in [9.17, 15) is 0 Å². The van der Waals surface area contributed by atoms with E-state index in [-0.39, 0.29) is 0 Å². The van der Waals surface area contributed by atoms with Crippen molar-refractivity contribution >= 4 is 11.6 Å². The summed E-state index contributed by atoms with van der Waals surface area (Å²) < 4.78 is 5.36. The summed E-state index contributed by atoms with van der Waals surface area (Å²) in [6, 6.07) is 15.4. The van der Waals surface area contributed by atoms with Gasteiger partial charge in [-0.1, -0.05) is 29.8 Å². The summed E-state index contributed by atoms with van der Waals surface area (Å²) in [4.78, 5) is 2.14. The minimum Gasteiger partial charge on any atom is -0.496 e. The van der Waals surface area contributed by atoms with Crippen molar-refractivity contribution in [2.45, 2.75) is 13.1 Å². The number of rotatable bonds is 5. The predicted octanol–water partition coefficient (Wildman–Crippen LogP) is 3.85. The second-order valence-corrected chi connectivity index (χ2v) is 5.31. The highest BCUT2D eigenvalue weighted by Crippen LogP contribution is 2.23. The Balaban J connectivity index is 2.14. The lowest BCUT2D eigenvalue weighted by Gasteiger charge is -2.19. The van der Waals surface area contributed by atoms with Gasteiger partial charge in [0, 0.05) is 23.7 Å². The Morgan fingerprint density at radius 2 is 1.86 bits per heavy atom. The third-order valence-corrected chi connectivity index (χ3v) is 3.62. The molecule has 0 aliphatic carbocycles. The third kappa shape index (κ3) is 3.98. The van der Waals surface area contributed by atoms with Crippen LogP contribution in [0, 0.1) is 11.3 Å². The van der Waals surface area contributed by atoms with Gasteiger partial charge in [0.25, 0.3) is 0 Å². The molecule has 0 spiro atoms. The van der Waals surface area contributed by atoms with Gasteiger partial charge in [0.15, 0.2) is 0 Å². The topological polar surface area (TPSA) is 36.3 Å². The molecule has 0 fully saturated rings. The van der Waals surface area contributed by atoms with Crippen LogP contribution in [-0.2, 0) is 13.1 Å². The van der Waals surface area contributed by atoms with Crippen LogP contribution >= 0.6 is 11.6 Å². The molecule has 0 aliphatic rings. The lowest BCUT2D eigenvalue weighted by atomic mass is 10.1. The van der Waals surface area contributed by atoms with Gasteiger partial charge >= 0.3 is 0 Å². The normalized spacial score (nSPS) is 10.4. The molecular formula is C17H17ClN2O. The quantitative estimate of drug-likeness (QED) is 0.841. The van der Waals surface area contributed by atoms with Gasteiger partial charge in [-0.25, -0.2) is 0 Å². The SMILES string of the molecule is COc1ccc(C#N)cc1CN(C)Cc1ccccc1Cl. The molecule has 108 valence electrons. The van der Waals surface area contributed by atoms with Crippen molar-refractivity contribution in [3.8, 4) is 11.8 Å². The summed E-state index contributed by atoms with van der Waals surface area (Å²) in [6.07, 6.45) is 0. The number of nitrogens with zero attached hydrogens (tertiary/aromatic N) is 2. The second-order valence-electron chi connectivity index (χ2n) is 4.90. The van der Waals surface area contributed by atoms with Crippen molar-refractivity contribution in [1.29, 1.82) is 5.26 Å². The maximum absolute atomic E-state index is 9.01. The Morgan fingerprint density at radius 3 is 2.52 bits per heavy atom. The Kier molecular flexibility index (Phi) is 5.21.